The van der Waals surface area contributed by atoms with E-state index in [0.717, 1.165) is 26.6 Å². The Morgan fingerprint density at radius 1 is 1.28 bits per heavy atom. The number of benzene rings is 1. The molecule has 0 amide bonds. The molecule has 0 atom stereocenters. The summed E-state index contributed by atoms with van der Waals surface area (Å²) in [6.07, 6.45) is 1.62. The van der Waals surface area contributed by atoms with Crippen molar-refractivity contribution in [3.05, 3.63) is 46.1 Å². The van der Waals surface area contributed by atoms with Crippen LogP contribution in [0, 0.1) is 13.8 Å². The van der Waals surface area contributed by atoms with Gasteiger partial charge in [0.1, 0.15) is 21.9 Å². The first-order chi connectivity index (χ1) is 12.0. The Balaban J connectivity index is 1.93. The van der Waals surface area contributed by atoms with E-state index in [9.17, 15) is 4.79 Å². The molecule has 25 heavy (non-hydrogen) atoms. The number of ether oxygens (including phenoxy) is 1. The van der Waals surface area contributed by atoms with E-state index >= 15 is 0 Å². The summed E-state index contributed by atoms with van der Waals surface area (Å²) in [4.78, 5) is 22.9. The van der Waals surface area contributed by atoms with Crippen LogP contribution >= 0.6 is 23.1 Å². The minimum Gasteiger partial charge on any atom is -0.494 e. The fourth-order valence-electron chi connectivity index (χ4n) is 2.61. The van der Waals surface area contributed by atoms with Gasteiger partial charge in [-0.2, -0.15) is 0 Å². The lowest BCUT2D eigenvalue weighted by molar-refractivity contribution is 0.101. The van der Waals surface area contributed by atoms with Crippen LogP contribution in [0.3, 0.4) is 0 Å². The molecule has 130 valence electrons. The van der Waals surface area contributed by atoms with Crippen LogP contribution in [-0.2, 0) is 5.75 Å². The second kappa shape index (κ2) is 7.54. The smallest absolute Gasteiger partial charge is 0.159 e. The van der Waals surface area contributed by atoms with Crippen molar-refractivity contribution in [3.8, 4) is 5.75 Å². The average Bonchev–Trinajstić information content (AvgIpc) is 2.89. The molecule has 0 radical (unpaired) electrons. The predicted molar refractivity (Wildman–Crippen MR) is 104 cm³/mol. The molecule has 0 saturated heterocycles. The van der Waals surface area contributed by atoms with E-state index in [-0.39, 0.29) is 5.78 Å². The Hall–Kier alpha value is -1.92. The van der Waals surface area contributed by atoms with Gasteiger partial charge in [0.25, 0.3) is 0 Å². The molecule has 0 fully saturated rings. The second-order valence-electron chi connectivity index (χ2n) is 5.74. The number of rotatable bonds is 6. The number of thiophene rings is 1. The van der Waals surface area contributed by atoms with Crippen molar-refractivity contribution in [2.24, 2.45) is 0 Å². The van der Waals surface area contributed by atoms with E-state index in [2.05, 4.69) is 23.8 Å². The number of Topliss-reactive ketones (excluding diaryl/α,β-unsaturated/α-hetero) is 1. The van der Waals surface area contributed by atoms with Gasteiger partial charge in [0.05, 0.1) is 6.61 Å². The molecule has 0 spiro atoms. The van der Waals surface area contributed by atoms with Gasteiger partial charge in [-0.1, -0.05) is 0 Å². The molecule has 0 aliphatic heterocycles. The lowest BCUT2D eigenvalue weighted by Gasteiger charge is -2.11. The number of aromatic nitrogens is 2. The Bertz CT molecular complexity index is 935. The monoisotopic (exact) mass is 372 g/mol. The third-order valence-corrected chi connectivity index (χ3v) is 6.22. The van der Waals surface area contributed by atoms with Crippen LogP contribution in [0.25, 0.3) is 10.2 Å². The van der Waals surface area contributed by atoms with Crippen LogP contribution < -0.4 is 4.74 Å². The molecule has 0 aliphatic rings. The number of ketones is 1. The lowest BCUT2D eigenvalue weighted by atomic mass is 10.1. The highest BCUT2D eigenvalue weighted by Crippen LogP contribution is 2.36. The quantitative estimate of drug-likeness (QED) is 0.338. The van der Waals surface area contributed by atoms with Gasteiger partial charge in [0.2, 0.25) is 0 Å². The minimum absolute atomic E-state index is 0.0584. The number of hydrogen-bond acceptors (Lipinski definition) is 6. The molecule has 2 aromatic heterocycles. The van der Waals surface area contributed by atoms with Gasteiger partial charge < -0.3 is 4.74 Å². The summed E-state index contributed by atoms with van der Waals surface area (Å²) < 4.78 is 5.72. The normalized spacial score (nSPS) is 11.0. The molecular formula is C19H20N2O2S2. The van der Waals surface area contributed by atoms with Gasteiger partial charge in [-0.05, 0) is 51.5 Å². The summed E-state index contributed by atoms with van der Waals surface area (Å²) in [5.41, 5.74) is 2.95. The van der Waals surface area contributed by atoms with E-state index < -0.39 is 0 Å². The first kappa shape index (κ1) is 17.9. The topological polar surface area (TPSA) is 52.1 Å². The maximum absolute atomic E-state index is 11.7. The Morgan fingerprint density at radius 2 is 2.08 bits per heavy atom. The van der Waals surface area contributed by atoms with Crippen molar-refractivity contribution in [2.45, 2.75) is 38.5 Å². The predicted octanol–water partition coefficient (Wildman–Crippen LogP) is 5.20. The molecule has 0 saturated carbocycles. The van der Waals surface area contributed by atoms with Crippen LogP contribution in [0.15, 0.2) is 29.6 Å². The van der Waals surface area contributed by atoms with E-state index in [1.165, 1.54) is 10.4 Å². The van der Waals surface area contributed by atoms with Gasteiger partial charge in [-0.15, -0.1) is 23.1 Å². The molecule has 3 aromatic rings. The Morgan fingerprint density at radius 3 is 2.80 bits per heavy atom. The summed E-state index contributed by atoms with van der Waals surface area (Å²) in [6, 6.07) is 5.62. The van der Waals surface area contributed by atoms with Crippen molar-refractivity contribution < 1.29 is 9.53 Å². The van der Waals surface area contributed by atoms with Crippen molar-refractivity contribution in [1.29, 1.82) is 0 Å². The molecule has 1 aromatic carbocycles. The first-order valence-corrected chi connectivity index (χ1v) is 9.91. The molecule has 3 rings (SSSR count). The zero-order valence-electron chi connectivity index (χ0n) is 14.8. The zero-order chi connectivity index (χ0) is 18.0. The third-order valence-electron chi connectivity index (χ3n) is 4.06. The molecule has 0 aliphatic carbocycles. The van der Waals surface area contributed by atoms with Crippen molar-refractivity contribution in [1.82, 2.24) is 9.97 Å². The highest BCUT2D eigenvalue weighted by atomic mass is 32.2. The van der Waals surface area contributed by atoms with E-state index in [1.54, 1.807) is 36.3 Å². The summed E-state index contributed by atoms with van der Waals surface area (Å²) in [7, 11) is 0. The molecule has 0 N–H and O–H groups in total. The maximum atomic E-state index is 11.7. The number of nitrogens with zero attached hydrogens (tertiary/aromatic N) is 2. The Labute approximate surface area is 155 Å². The van der Waals surface area contributed by atoms with Gasteiger partial charge in [0.15, 0.2) is 5.78 Å². The number of hydrogen-bond donors (Lipinski definition) is 0. The van der Waals surface area contributed by atoms with Crippen LogP contribution in [0.4, 0.5) is 0 Å². The third kappa shape index (κ3) is 3.70. The molecule has 4 nitrogen and oxygen atoms in total. The van der Waals surface area contributed by atoms with Crippen molar-refractivity contribution in [2.75, 3.05) is 6.61 Å². The number of aryl methyl sites for hydroxylation is 2. The van der Waals surface area contributed by atoms with Crippen LogP contribution in [0.5, 0.6) is 5.75 Å². The summed E-state index contributed by atoms with van der Waals surface area (Å²) in [5.74, 6) is 1.57. The van der Waals surface area contributed by atoms with Crippen molar-refractivity contribution >= 4 is 39.1 Å². The molecule has 2 heterocycles. The van der Waals surface area contributed by atoms with Gasteiger partial charge in [-0.3, -0.25) is 4.79 Å². The van der Waals surface area contributed by atoms with E-state index in [0.29, 0.717) is 17.9 Å². The standard InChI is InChI=1S/C19H20N2O2S2/c1-5-23-16-7-6-14(12(3)22)8-15(16)9-24-18-17-11(2)13(4)25-19(17)21-10-20-18/h6-8,10H,5,9H2,1-4H3. The highest BCUT2D eigenvalue weighted by molar-refractivity contribution is 7.98. The van der Waals surface area contributed by atoms with Gasteiger partial charge in [-0.25, -0.2) is 9.97 Å². The van der Waals surface area contributed by atoms with Crippen LogP contribution in [0.1, 0.15) is 40.2 Å². The Kier molecular flexibility index (Phi) is 5.39. The number of thioether (sulfide) groups is 1. The molecule has 0 bridgehead atoms. The second-order valence-corrected chi connectivity index (χ2v) is 7.91. The van der Waals surface area contributed by atoms with Crippen molar-refractivity contribution in [3.63, 3.8) is 0 Å². The van der Waals surface area contributed by atoms with Gasteiger partial charge >= 0.3 is 0 Å². The number of fused-ring (bicyclic) bond motifs is 1. The number of carbonyl (C=O) groups excluding carboxylic acids is 1. The summed E-state index contributed by atoms with van der Waals surface area (Å²) in [6.45, 7) is 8.36. The number of carbonyl (C=O) groups is 1. The SMILES string of the molecule is CCOc1ccc(C(C)=O)cc1CSc1ncnc2sc(C)c(C)c12. The van der Waals surface area contributed by atoms with Crippen LogP contribution in [-0.4, -0.2) is 22.4 Å². The largest absolute Gasteiger partial charge is 0.494 e. The zero-order valence-corrected chi connectivity index (χ0v) is 16.4. The first-order valence-electron chi connectivity index (χ1n) is 8.11. The summed E-state index contributed by atoms with van der Waals surface area (Å²) >= 11 is 3.35. The molecule has 0 unspecified atom stereocenters. The van der Waals surface area contributed by atoms with Gasteiger partial charge in [0, 0.05) is 27.1 Å². The fourth-order valence-corrected chi connectivity index (χ4v) is 4.71. The molecule has 6 heteroatoms. The minimum atomic E-state index is 0.0584. The summed E-state index contributed by atoms with van der Waals surface area (Å²) in [5, 5.41) is 2.11. The van der Waals surface area contributed by atoms with E-state index in [1.807, 2.05) is 25.1 Å². The molecular weight excluding hydrogens is 352 g/mol. The van der Waals surface area contributed by atoms with E-state index in [4.69, 9.17) is 4.74 Å². The van der Waals surface area contributed by atoms with Crippen LogP contribution in [0.2, 0.25) is 0 Å². The fraction of sp³-hybridized carbons (Fsp3) is 0.316. The lowest BCUT2D eigenvalue weighted by Crippen LogP contribution is -1.99. The highest BCUT2D eigenvalue weighted by Gasteiger charge is 2.14. The average molecular weight is 373 g/mol. The maximum Gasteiger partial charge on any atom is 0.159 e.